The van der Waals surface area contributed by atoms with Gasteiger partial charge in [0, 0.05) is 5.92 Å². The molecule has 0 N–H and O–H groups in total. The van der Waals surface area contributed by atoms with Crippen molar-refractivity contribution in [1.82, 2.24) is 0 Å². The molecule has 0 atom stereocenters. The van der Waals surface area contributed by atoms with Crippen molar-refractivity contribution in [2.45, 2.75) is 0 Å². The summed E-state index contributed by atoms with van der Waals surface area (Å²) in [4.78, 5) is 10.6. The standard InChI is InChI=1S/C8H5ClO2S/c1-11-7(10)3-2-6-4-5-12-8(6)9/h4-5H,1H3. The second-order valence-electron chi connectivity index (χ2n) is 1.85. The van der Waals surface area contributed by atoms with Gasteiger partial charge in [-0.1, -0.05) is 17.5 Å². The molecule has 62 valence electrons. The van der Waals surface area contributed by atoms with Crippen molar-refractivity contribution in [2.24, 2.45) is 0 Å². The van der Waals surface area contributed by atoms with Crippen LogP contribution in [0.5, 0.6) is 0 Å². The van der Waals surface area contributed by atoms with Gasteiger partial charge in [-0.25, -0.2) is 4.79 Å². The van der Waals surface area contributed by atoms with Gasteiger partial charge >= 0.3 is 5.97 Å². The summed E-state index contributed by atoms with van der Waals surface area (Å²) in [5.74, 6) is 4.33. The highest BCUT2D eigenvalue weighted by Crippen LogP contribution is 2.21. The van der Waals surface area contributed by atoms with Crippen LogP contribution in [0.3, 0.4) is 0 Å². The van der Waals surface area contributed by atoms with Crippen LogP contribution >= 0.6 is 22.9 Å². The molecule has 1 rings (SSSR count). The van der Waals surface area contributed by atoms with Crippen molar-refractivity contribution in [1.29, 1.82) is 0 Å². The van der Waals surface area contributed by atoms with Crippen LogP contribution < -0.4 is 0 Å². The Bertz CT molecular complexity index is 345. The quantitative estimate of drug-likeness (QED) is 0.473. The third-order valence-electron chi connectivity index (χ3n) is 1.10. The first kappa shape index (κ1) is 9.11. The van der Waals surface area contributed by atoms with Crippen LogP contribution in [0.15, 0.2) is 11.4 Å². The Morgan fingerprint density at radius 1 is 1.75 bits per heavy atom. The molecule has 0 bridgehead atoms. The molecule has 0 aliphatic carbocycles. The number of carbonyl (C=O) groups is 1. The van der Waals surface area contributed by atoms with Gasteiger partial charge in [0.25, 0.3) is 0 Å². The summed E-state index contributed by atoms with van der Waals surface area (Å²) in [6.07, 6.45) is 0. The number of hydrogen-bond acceptors (Lipinski definition) is 3. The third-order valence-corrected chi connectivity index (χ3v) is 2.27. The Kier molecular flexibility index (Phi) is 3.15. The van der Waals surface area contributed by atoms with Crippen LogP contribution in [-0.2, 0) is 9.53 Å². The lowest BCUT2D eigenvalue weighted by atomic mass is 10.3. The van der Waals surface area contributed by atoms with Crippen LogP contribution in [0.2, 0.25) is 4.34 Å². The van der Waals surface area contributed by atoms with Gasteiger partial charge in [-0.3, -0.25) is 0 Å². The zero-order valence-corrected chi connectivity index (χ0v) is 7.83. The number of rotatable bonds is 0. The number of carbonyl (C=O) groups excluding carboxylic acids is 1. The molecule has 0 spiro atoms. The molecule has 0 saturated carbocycles. The monoisotopic (exact) mass is 200 g/mol. The zero-order valence-electron chi connectivity index (χ0n) is 6.26. The smallest absolute Gasteiger partial charge is 0.384 e. The highest BCUT2D eigenvalue weighted by Gasteiger charge is 1.97. The number of ether oxygens (including phenoxy) is 1. The Hall–Kier alpha value is -0.980. The molecule has 0 aromatic carbocycles. The van der Waals surface area contributed by atoms with Crippen LogP contribution in [0, 0.1) is 11.8 Å². The average molecular weight is 201 g/mol. The number of thiophene rings is 1. The highest BCUT2D eigenvalue weighted by atomic mass is 35.5. The Balaban J connectivity index is 2.79. The second-order valence-corrected chi connectivity index (χ2v) is 3.37. The molecule has 0 fully saturated rings. The largest absolute Gasteiger partial charge is 0.459 e. The topological polar surface area (TPSA) is 26.3 Å². The van der Waals surface area contributed by atoms with Crippen molar-refractivity contribution in [3.63, 3.8) is 0 Å². The van der Waals surface area contributed by atoms with Crippen molar-refractivity contribution < 1.29 is 9.53 Å². The van der Waals surface area contributed by atoms with Gasteiger partial charge in [-0.05, 0) is 11.4 Å². The first-order chi connectivity index (χ1) is 5.74. The fourth-order valence-electron chi connectivity index (χ4n) is 0.551. The summed E-state index contributed by atoms with van der Waals surface area (Å²) in [6.45, 7) is 0. The number of methoxy groups -OCH3 is 1. The van der Waals surface area contributed by atoms with E-state index >= 15 is 0 Å². The molecule has 4 heteroatoms. The number of hydrogen-bond donors (Lipinski definition) is 0. The molecular weight excluding hydrogens is 196 g/mol. The maximum absolute atomic E-state index is 10.6. The minimum atomic E-state index is -0.558. The maximum Gasteiger partial charge on any atom is 0.384 e. The van der Waals surface area contributed by atoms with Crippen LogP contribution in [0.4, 0.5) is 0 Å². The van der Waals surface area contributed by atoms with E-state index in [0.717, 1.165) is 0 Å². The first-order valence-corrected chi connectivity index (χ1v) is 4.32. The van der Waals surface area contributed by atoms with E-state index in [0.29, 0.717) is 9.90 Å². The van der Waals surface area contributed by atoms with Crippen molar-refractivity contribution in [3.05, 3.63) is 21.3 Å². The molecule has 1 aromatic rings. The van der Waals surface area contributed by atoms with E-state index in [2.05, 4.69) is 16.6 Å². The fourth-order valence-corrected chi connectivity index (χ4v) is 1.39. The van der Waals surface area contributed by atoms with Gasteiger partial charge < -0.3 is 4.74 Å². The molecule has 2 nitrogen and oxygen atoms in total. The molecule has 0 amide bonds. The molecule has 0 aliphatic rings. The molecule has 1 aromatic heterocycles. The SMILES string of the molecule is COC(=O)C#Cc1ccsc1Cl. The predicted octanol–water partition coefficient (Wildman–Crippen LogP) is 1.93. The minimum absolute atomic E-state index is 0.558. The fraction of sp³-hybridized carbons (Fsp3) is 0.125. The molecule has 0 radical (unpaired) electrons. The predicted molar refractivity (Wildman–Crippen MR) is 48.2 cm³/mol. The summed E-state index contributed by atoms with van der Waals surface area (Å²) in [5.41, 5.74) is 0.659. The van der Waals surface area contributed by atoms with E-state index in [-0.39, 0.29) is 0 Å². The van der Waals surface area contributed by atoms with E-state index in [1.54, 1.807) is 6.07 Å². The second kappa shape index (κ2) is 4.15. The molecule has 0 aliphatic heterocycles. The van der Waals surface area contributed by atoms with E-state index in [1.165, 1.54) is 18.4 Å². The van der Waals surface area contributed by atoms with Crippen LogP contribution in [0.1, 0.15) is 5.56 Å². The first-order valence-electron chi connectivity index (χ1n) is 3.07. The normalized spacial score (nSPS) is 8.50. The molecule has 0 saturated heterocycles. The Labute approximate surface area is 79.1 Å². The van der Waals surface area contributed by atoms with E-state index < -0.39 is 5.97 Å². The summed E-state index contributed by atoms with van der Waals surface area (Å²) in [5, 5.41) is 1.81. The molecule has 0 unspecified atom stereocenters. The van der Waals surface area contributed by atoms with Crippen molar-refractivity contribution in [2.75, 3.05) is 7.11 Å². The zero-order chi connectivity index (χ0) is 8.97. The van der Waals surface area contributed by atoms with Gasteiger partial charge in [0.05, 0.1) is 12.7 Å². The van der Waals surface area contributed by atoms with E-state index in [4.69, 9.17) is 11.6 Å². The van der Waals surface area contributed by atoms with Gasteiger partial charge in [-0.2, -0.15) is 0 Å². The summed E-state index contributed by atoms with van der Waals surface area (Å²) in [6, 6.07) is 1.75. The molecule has 12 heavy (non-hydrogen) atoms. The number of halogens is 1. The Morgan fingerprint density at radius 2 is 2.50 bits per heavy atom. The van der Waals surface area contributed by atoms with Gasteiger partial charge in [-0.15, -0.1) is 11.3 Å². The van der Waals surface area contributed by atoms with E-state index in [1.807, 2.05) is 5.38 Å². The third kappa shape index (κ3) is 2.26. The highest BCUT2D eigenvalue weighted by molar-refractivity contribution is 7.14. The average Bonchev–Trinajstić information content (AvgIpc) is 2.47. The Morgan fingerprint density at radius 3 is 3.00 bits per heavy atom. The van der Waals surface area contributed by atoms with Gasteiger partial charge in [0.1, 0.15) is 4.34 Å². The lowest BCUT2D eigenvalue weighted by Crippen LogP contribution is -1.94. The molecule has 1 heterocycles. The van der Waals surface area contributed by atoms with Crippen molar-refractivity contribution in [3.8, 4) is 11.8 Å². The minimum Gasteiger partial charge on any atom is -0.459 e. The maximum atomic E-state index is 10.6. The lowest BCUT2D eigenvalue weighted by molar-refractivity contribution is -0.133. The number of esters is 1. The summed E-state index contributed by atoms with van der Waals surface area (Å²) in [7, 11) is 1.28. The van der Waals surface area contributed by atoms with Gasteiger partial charge in [0.15, 0.2) is 0 Å². The van der Waals surface area contributed by atoms with E-state index in [9.17, 15) is 4.79 Å². The summed E-state index contributed by atoms with van der Waals surface area (Å²) < 4.78 is 4.93. The van der Waals surface area contributed by atoms with Crippen molar-refractivity contribution >= 4 is 28.9 Å². The lowest BCUT2D eigenvalue weighted by Gasteiger charge is -1.84. The van der Waals surface area contributed by atoms with Gasteiger partial charge in [0.2, 0.25) is 0 Å². The summed E-state index contributed by atoms with van der Waals surface area (Å²) >= 11 is 7.10. The van der Waals surface area contributed by atoms with Crippen LogP contribution in [-0.4, -0.2) is 13.1 Å². The van der Waals surface area contributed by atoms with Crippen LogP contribution in [0.25, 0.3) is 0 Å². The molecular formula is C8H5ClO2S.